The van der Waals surface area contributed by atoms with Crippen LogP contribution in [-0.4, -0.2) is 17.2 Å². The minimum atomic E-state index is -1.63. The normalized spacial score (nSPS) is 10.2. The van der Waals surface area contributed by atoms with Crippen molar-refractivity contribution >= 4 is 12.6 Å². The molecule has 0 saturated carbocycles. The number of hydrogen-bond donors (Lipinski definition) is 2. The molecule has 0 heterocycles. The molecule has 2 N–H and O–H groups in total. The lowest BCUT2D eigenvalue weighted by molar-refractivity contribution is 0.419. The number of benzene rings is 3. The summed E-state index contributed by atoms with van der Waals surface area (Å²) in [5.41, 5.74) is 0.272. The lowest BCUT2D eigenvalue weighted by atomic mass is 9.79. The first-order valence-corrected chi connectivity index (χ1v) is 7.18. The minimum absolute atomic E-state index is 0.272. The summed E-state index contributed by atoms with van der Waals surface area (Å²) >= 11 is 0. The zero-order valence-corrected chi connectivity index (χ0v) is 12.3. The summed E-state index contributed by atoms with van der Waals surface area (Å²) in [4.78, 5) is 0. The van der Waals surface area contributed by atoms with Crippen LogP contribution in [0.3, 0.4) is 0 Å². The zero-order valence-electron chi connectivity index (χ0n) is 12.3. The summed E-state index contributed by atoms with van der Waals surface area (Å²) in [5.74, 6) is 2.17. The summed E-state index contributed by atoms with van der Waals surface area (Å²) in [6.45, 7) is 0. The molecule has 0 unspecified atom stereocenters. The highest BCUT2D eigenvalue weighted by Crippen LogP contribution is 2.27. The van der Waals surface area contributed by atoms with Gasteiger partial charge in [0.25, 0.3) is 0 Å². The molecule has 4 nitrogen and oxygen atoms in total. The van der Waals surface area contributed by atoms with Crippen LogP contribution in [-0.2, 0) is 0 Å². The average Bonchev–Trinajstić information content (AvgIpc) is 2.57. The Labute approximate surface area is 134 Å². The topological polar surface area (TPSA) is 58.9 Å². The molecule has 5 heteroatoms. The Morgan fingerprint density at radius 1 is 0.609 bits per heavy atom. The van der Waals surface area contributed by atoms with Gasteiger partial charge in [0.1, 0.15) is 23.0 Å². The van der Waals surface area contributed by atoms with E-state index < -0.39 is 7.12 Å². The number of ether oxygens (including phenoxy) is 2. The molecular weight excluding hydrogens is 291 g/mol. The smallest absolute Gasteiger partial charge is 0.458 e. The molecule has 0 bridgehead atoms. The summed E-state index contributed by atoms with van der Waals surface area (Å²) in [5, 5.41) is 19.0. The van der Waals surface area contributed by atoms with Crippen LogP contribution in [0.25, 0.3) is 0 Å². The van der Waals surface area contributed by atoms with Crippen molar-refractivity contribution in [1.82, 2.24) is 0 Å². The highest BCUT2D eigenvalue weighted by Gasteiger charge is 2.18. The summed E-state index contributed by atoms with van der Waals surface area (Å²) in [7, 11) is -1.63. The van der Waals surface area contributed by atoms with Crippen molar-refractivity contribution in [3.05, 3.63) is 78.9 Å². The van der Waals surface area contributed by atoms with Crippen molar-refractivity contribution < 1.29 is 19.5 Å². The van der Waals surface area contributed by atoms with E-state index in [2.05, 4.69) is 0 Å². The Morgan fingerprint density at radius 2 is 1.17 bits per heavy atom. The van der Waals surface area contributed by atoms with E-state index >= 15 is 0 Å². The average molecular weight is 306 g/mol. The fraction of sp³-hybridized carbons (Fsp3) is 0. The standard InChI is InChI=1S/C18H15BO4/c20-19(21)17-12-11-16(22-14-7-3-1-4-8-14)13-18(17)23-15-9-5-2-6-10-15/h1-13,20-21H. The van der Waals surface area contributed by atoms with E-state index in [0.29, 0.717) is 23.0 Å². The lowest BCUT2D eigenvalue weighted by Crippen LogP contribution is -2.30. The van der Waals surface area contributed by atoms with E-state index in [9.17, 15) is 10.0 Å². The Balaban J connectivity index is 1.90. The van der Waals surface area contributed by atoms with Gasteiger partial charge < -0.3 is 19.5 Å². The fourth-order valence-electron chi connectivity index (χ4n) is 2.12. The van der Waals surface area contributed by atoms with Gasteiger partial charge in [0, 0.05) is 11.5 Å². The third-order valence-electron chi connectivity index (χ3n) is 3.21. The Hall–Kier alpha value is -2.76. The Morgan fingerprint density at radius 3 is 1.74 bits per heavy atom. The largest absolute Gasteiger partial charge is 0.492 e. The van der Waals surface area contributed by atoms with Gasteiger partial charge in [-0.2, -0.15) is 0 Å². The van der Waals surface area contributed by atoms with Gasteiger partial charge in [-0.15, -0.1) is 0 Å². The number of hydrogen-bond acceptors (Lipinski definition) is 4. The second kappa shape index (κ2) is 7.00. The molecule has 114 valence electrons. The predicted molar refractivity (Wildman–Crippen MR) is 89.3 cm³/mol. The van der Waals surface area contributed by atoms with E-state index in [1.807, 2.05) is 48.5 Å². The summed E-state index contributed by atoms with van der Waals surface area (Å²) in [6.07, 6.45) is 0. The van der Waals surface area contributed by atoms with Crippen LogP contribution in [0.1, 0.15) is 0 Å². The fourth-order valence-corrected chi connectivity index (χ4v) is 2.12. The second-order valence-electron chi connectivity index (χ2n) is 4.90. The molecule has 0 spiro atoms. The lowest BCUT2D eigenvalue weighted by Gasteiger charge is -2.13. The molecule has 3 aromatic carbocycles. The maximum absolute atomic E-state index is 9.50. The maximum Gasteiger partial charge on any atom is 0.492 e. The molecule has 0 aliphatic carbocycles. The Kier molecular flexibility index (Phi) is 4.61. The van der Waals surface area contributed by atoms with Gasteiger partial charge in [0.2, 0.25) is 0 Å². The molecule has 0 fully saturated rings. The molecule has 0 amide bonds. The molecule has 23 heavy (non-hydrogen) atoms. The molecular formula is C18H15BO4. The second-order valence-corrected chi connectivity index (χ2v) is 4.90. The molecule has 0 aromatic heterocycles. The van der Waals surface area contributed by atoms with E-state index in [4.69, 9.17) is 9.47 Å². The highest BCUT2D eigenvalue weighted by molar-refractivity contribution is 6.59. The van der Waals surface area contributed by atoms with E-state index in [-0.39, 0.29) is 5.46 Å². The van der Waals surface area contributed by atoms with Gasteiger partial charge in [-0.05, 0) is 30.3 Å². The highest BCUT2D eigenvalue weighted by atomic mass is 16.5. The predicted octanol–water partition coefficient (Wildman–Crippen LogP) is 2.95. The number of para-hydroxylation sites is 2. The first kappa shape index (κ1) is 15.2. The first-order valence-electron chi connectivity index (χ1n) is 7.18. The molecule has 3 rings (SSSR count). The quantitative estimate of drug-likeness (QED) is 0.712. The molecule has 0 radical (unpaired) electrons. The van der Waals surface area contributed by atoms with Crippen molar-refractivity contribution in [1.29, 1.82) is 0 Å². The van der Waals surface area contributed by atoms with Crippen LogP contribution < -0.4 is 14.9 Å². The van der Waals surface area contributed by atoms with E-state index in [1.54, 1.807) is 30.3 Å². The first-order chi connectivity index (χ1) is 11.2. The van der Waals surface area contributed by atoms with Crippen molar-refractivity contribution in [2.75, 3.05) is 0 Å². The molecule has 3 aromatic rings. The van der Waals surface area contributed by atoms with Crippen LogP contribution >= 0.6 is 0 Å². The molecule has 0 aliphatic rings. The molecule has 0 atom stereocenters. The van der Waals surface area contributed by atoms with E-state index in [0.717, 1.165) is 0 Å². The Bertz CT molecular complexity index is 760. The van der Waals surface area contributed by atoms with Gasteiger partial charge >= 0.3 is 7.12 Å². The molecule has 0 aliphatic heterocycles. The van der Waals surface area contributed by atoms with Gasteiger partial charge in [0.15, 0.2) is 0 Å². The van der Waals surface area contributed by atoms with Crippen LogP contribution in [0, 0.1) is 0 Å². The molecule has 0 saturated heterocycles. The minimum Gasteiger partial charge on any atom is -0.458 e. The van der Waals surface area contributed by atoms with Crippen molar-refractivity contribution in [2.45, 2.75) is 0 Å². The third kappa shape index (κ3) is 3.91. The van der Waals surface area contributed by atoms with E-state index in [1.165, 1.54) is 0 Å². The van der Waals surface area contributed by atoms with Crippen LogP contribution in [0.2, 0.25) is 0 Å². The van der Waals surface area contributed by atoms with Gasteiger partial charge in [-0.1, -0.05) is 42.5 Å². The van der Waals surface area contributed by atoms with Gasteiger partial charge in [0.05, 0.1) is 0 Å². The summed E-state index contributed by atoms with van der Waals surface area (Å²) < 4.78 is 11.5. The summed E-state index contributed by atoms with van der Waals surface area (Å²) in [6, 6.07) is 23.4. The van der Waals surface area contributed by atoms with Crippen LogP contribution in [0.4, 0.5) is 0 Å². The monoisotopic (exact) mass is 306 g/mol. The number of rotatable bonds is 5. The van der Waals surface area contributed by atoms with Crippen LogP contribution in [0.15, 0.2) is 78.9 Å². The zero-order chi connectivity index (χ0) is 16.1. The maximum atomic E-state index is 9.50. The van der Waals surface area contributed by atoms with Gasteiger partial charge in [-0.25, -0.2) is 0 Å². The van der Waals surface area contributed by atoms with Crippen molar-refractivity contribution in [2.24, 2.45) is 0 Å². The van der Waals surface area contributed by atoms with Crippen molar-refractivity contribution in [3.63, 3.8) is 0 Å². The van der Waals surface area contributed by atoms with Crippen molar-refractivity contribution in [3.8, 4) is 23.0 Å². The van der Waals surface area contributed by atoms with Crippen LogP contribution in [0.5, 0.6) is 23.0 Å². The van der Waals surface area contributed by atoms with Gasteiger partial charge in [-0.3, -0.25) is 0 Å². The SMILES string of the molecule is OB(O)c1ccc(Oc2ccccc2)cc1Oc1ccccc1. The third-order valence-corrected chi connectivity index (χ3v) is 3.21.